The first kappa shape index (κ1) is 22.6. The number of ether oxygens (including phenoxy) is 2. The van der Waals surface area contributed by atoms with E-state index in [0.717, 1.165) is 42.9 Å². The Balaban J connectivity index is 1.43. The summed E-state index contributed by atoms with van der Waals surface area (Å²) in [6, 6.07) is 7.73. The molecular formula is C24H30N6O3. The Morgan fingerprint density at radius 2 is 2.00 bits per heavy atom. The molecule has 0 radical (unpaired) electrons. The molecule has 33 heavy (non-hydrogen) atoms. The molecule has 1 aromatic carbocycles. The summed E-state index contributed by atoms with van der Waals surface area (Å²) in [4.78, 5) is 28.5. The van der Waals surface area contributed by atoms with Gasteiger partial charge in [-0.2, -0.15) is 4.98 Å². The van der Waals surface area contributed by atoms with Gasteiger partial charge < -0.3 is 19.7 Å². The fourth-order valence-electron chi connectivity index (χ4n) is 4.17. The number of piperidine rings is 1. The van der Waals surface area contributed by atoms with E-state index >= 15 is 0 Å². The number of carbonyl (C=O) groups is 1. The van der Waals surface area contributed by atoms with E-state index < -0.39 is 0 Å². The smallest absolute Gasteiger partial charge is 0.237 e. The Morgan fingerprint density at radius 1 is 1.15 bits per heavy atom. The lowest BCUT2D eigenvalue weighted by atomic mass is 9.99. The number of hydrogen-bond donors (Lipinski definition) is 1. The fourth-order valence-corrected chi connectivity index (χ4v) is 4.17. The molecule has 1 saturated heterocycles. The summed E-state index contributed by atoms with van der Waals surface area (Å²) < 4.78 is 12.4. The van der Waals surface area contributed by atoms with E-state index in [1.54, 1.807) is 31.3 Å². The van der Waals surface area contributed by atoms with Crippen LogP contribution in [0.2, 0.25) is 0 Å². The monoisotopic (exact) mass is 450 g/mol. The van der Waals surface area contributed by atoms with Gasteiger partial charge in [0.15, 0.2) is 11.5 Å². The van der Waals surface area contributed by atoms with Crippen molar-refractivity contribution >= 4 is 11.7 Å². The van der Waals surface area contributed by atoms with E-state index in [1.165, 1.54) is 0 Å². The summed E-state index contributed by atoms with van der Waals surface area (Å²) in [6.07, 6.45) is 8.76. The van der Waals surface area contributed by atoms with Crippen LogP contribution in [0.25, 0.3) is 5.95 Å². The van der Waals surface area contributed by atoms with E-state index in [4.69, 9.17) is 14.5 Å². The summed E-state index contributed by atoms with van der Waals surface area (Å²) in [6.45, 7) is 3.26. The lowest BCUT2D eigenvalue weighted by Crippen LogP contribution is -2.43. The highest BCUT2D eigenvalue weighted by Gasteiger charge is 2.26. The highest BCUT2D eigenvalue weighted by atomic mass is 16.5. The minimum atomic E-state index is 0.0160. The second-order valence-corrected chi connectivity index (χ2v) is 8.15. The van der Waals surface area contributed by atoms with Crippen molar-refractivity contribution in [2.24, 2.45) is 0 Å². The van der Waals surface area contributed by atoms with Crippen molar-refractivity contribution in [1.82, 2.24) is 24.8 Å². The number of hydrogen-bond acceptors (Lipinski definition) is 7. The van der Waals surface area contributed by atoms with Crippen LogP contribution in [-0.2, 0) is 11.3 Å². The minimum Gasteiger partial charge on any atom is -0.493 e. The predicted molar refractivity (Wildman–Crippen MR) is 125 cm³/mol. The molecule has 9 nitrogen and oxygen atoms in total. The molecular weight excluding hydrogens is 420 g/mol. The molecule has 0 aliphatic carbocycles. The molecule has 1 atom stereocenters. The van der Waals surface area contributed by atoms with Crippen LogP contribution in [0.4, 0.5) is 5.82 Å². The van der Waals surface area contributed by atoms with Crippen molar-refractivity contribution in [1.29, 1.82) is 0 Å². The third-order valence-electron chi connectivity index (χ3n) is 5.84. The Bertz CT molecular complexity index is 1090. The van der Waals surface area contributed by atoms with Gasteiger partial charge in [0, 0.05) is 49.7 Å². The third kappa shape index (κ3) is 5.42. The number of anilines is 1. The summed E-state index contributed by atoms with van der Waals surface area (Å²) in [5.41, 5.74) is 1.84. The standard InChI is InChI=1S/C24H30N6O3/c1-17-12-22(28-24(27-17)29-11-9-25-16-29)30-10-5-4-6-19(30)14-23(31)26-15-18-7-8-20(32-2)21(13-18)33-3/h7-9,11-13,16,19H,4-6,10,14-15H2,1-3H3,(H,26,31). The second kappa shape index (κ2) is 10.3. The van der Waals surface area contributed by atoms with Gasteiger partial charge in [-0.1, -0.05) is 6.07 Å². The molecule has 9 heteroatoms. The number of methoxy groups -OCH3 is 2. The molecule has 1 unspecified atom stereocenters. The van der Waals surface area contributed by atoms with Crippen molar-refractivity contribution in [2.75, 3.05) is 25.7 Å². The molecule has 0 saturated carbocycles. The summed E-state index contributed by atoms with van der Waals surface area (Å²) in [5, 5.41) is 3.05. The number of amides is 1. The van der Waals surface area contributed by atoms with Crippen LogP contribution < -0.4 is 19.7 Å². The van der Waals surface area contributed by atoms with E-state index in [1.807, 2.05) is 37.4 Å². The van der Waals surface area contributed by atoms with Gasteiger partial charge in [0.05, 0.1) is 14.2 Å². The van der Waals surface area contributed by atoms with E-state index in [-0.39, 0.29) is 11.9 Å². The molecule has 0 bridgehead atoms. The number of nitrogens with zero attached hydrogens (tertiary/aromatic N) is 5. The summed E-state index contributed by atoms with van der Waals surface area (Å²) >= 11 is 0. The van der Waals surface area contributed by atoms with Crippen LogP contribution in [0.5, 0.6) is 11.5 Å². The topological polar surface area (TPSA) is 94.4 Å². The van der Waals surface area contributed by atoms with Gasteiger partial charge >= 0.3 is 0 Å². The first-order valence-corrected chi connectivity index (χ1v) is 11.2. The van der Waals surface area contributed by atoms with Gasteiger partial charge in [-0.3, -0.25) is 9.36 Å². The zero-order valence-electron chi connectivity index (χ0n) is 19.3. The number of aromatic nitrogens is 4. The molecule has 174 valence electrons. The Labute approximate surface area is 193 Å². The first-order valence-electron chi connectivity index (χ1n) is 11.2. The maximum absolute atomic E-state index is 12.8. The number of aryl methyl sites for hydroxylation is 1. The molecule has 3 aromatic rings. The quantitative estimate of drug-likeness (QED) is 0.564. The van der Waals surface area contributed by atoms with Crippen molar-refractivity contribution in [3.8, 4) is 17.4 Å². The Morgan fingerprint density at radius 3 is 2.76 bits per heavy atom. The highest BCUT2D eigenvalue weighted by Crippen LogP contribution is 2.28. The highest BCUT2D eigenvalue weighted by molar-refractivity contribution is 5.77. The zero-order valence-corrected chi connectivity index (χ0v) is 19.3. The van der Waals surface area contributed by atoms with Crippen LogP contribution in [0.3, 0.4) is 0 Å². The van der Waals surface area contributed by atoms with E-state index in [0.29, 0.717) is 30.4 Å². The van der Waals surface area contributed by atoms with Crippen LogP contribution in [0, 0.1) is 6.92 Å². The van der Waals surface area contributed by atoms with Gasteiger partial charge in [-0.15, -0.1) is 0 Å². The lowest BCUT2D eigenvalue weighted by Gasteiger charge is -2.36. The minimum absolute atomic E-state index is 0.0160. The molecule has 1 aliphatic heterocycles. The molecule has 2 aromatic heterocycles. The SMILES string of the molecule is COc1ccc(CNC(=O)CC2CCCCN2c2cc(C)nc(-n3ccnc3)n2)cc1OC. The van der Waals surface area contributed by atoms with Crippen molar-refractivity contribution < 1.29 is 14.3 Å². The summed E-state index contributed by atoms with van der Waals surface area (Å²) in [7, 11) is 3.21. The average Bonchev–Trinajstić information content (AvgIpc) is 3.38. The van der Waals surface area contributed by atoms with Gasteiger partial charge in [-0.05, 0) is 43.9 Å². The Kier molecular flexibility index (Phi) is 7.07. The maximum Gasteiger partial charge on any atom is 0.237 e. The summed E-state index contributed by atoms with van der Waals surface area (Å²) in [5.74, 6) is 2.77. The normalized spacial score (nSPS) is 15.8. The van der Waals surface area contributed by atoms with Gasteiger partial charge in [0.1, 0.15) is 12.1 Å². The van der Waals surface area contributed by atoms with Gasteiger partial charge in [-0.25, -0.2) is 9.97 Å². The zero-order chi connectivity index (χ0) is 23.2. The van der Waals surface area contributed by atoms with Crippen molar-refractivity contribution in [3.05, 3.63) is 54.2 Å². The van der Waals surface area contributed by atoms with Crippen molar-refractivity contribution in [3.63, 3.8) is 0 Å². The fraction of sp³-hybridized carbons (Fsp3) is 0.417. The molecule has 4 rings (SSSR count). The van der Waals surface area contributed by atoms with E-state index in [9.17, 15) is 4.79 Å². The van der Waals surface area contributed by atoms with Crippen LogP contribution in [-0.4, -0.2) is 52.2 Å². The second-order valence-electron chi connectivity index (χ2n) is 8.15. The molecule has 1 amide bonds. The number of benzene rings is 1. The Hall–Kier alpha value is -3.62. The number of carbonyl (C=O) groups excluding carboxylic acids is 1. The molecule has 1 fully saturated rings. The number of rotatable bonds is 8. The molecule has 1 aliphatic rings. The molecule has 0 spiro atoms. The van der Waals surface area contributed by atoms with Crippen molar-refractivity contribution in [2.45, 2.75) is 45.2 Å². The number of imidazole rings is 1. The molecule has 3 heterocycles. The van der Waals surface area contributed by atoms with Gasteiger partial charge in [0.2, 0.25) is 11.9 Å². The largest absolute Gasteiger partial charge is 0.493 e. The maximum atomic E-state index is 12.8. The third-order valence-corrected chi connectivity index (χ3v) is 5.84. The molecule has 1 N–H and O–H groups in total. The van der Waals surface area contributed by atoms with E-state index in [2.05, 4.69) is 20.2 Å². The average molecular weight is 451 g/mol. The predicted octanol–water partition coefficient (Wildman–Crippen LogP) is 3.05. The van der Waals surface area contributed by atoms with Crippen LogP contribution in [0.1, 0.15) is 36.9 Å². The van der Waals surface area contributed by atoms with Crippen LogP contribution in [0.15, 0.2) is 43.0 Å². The van der Waals surface area contributed by atoms with Crippen LogP contribution >= 0.6 is 0 Å². The number of nitrogens with one attached hydrogen (secondary N) is 1. The van der Waals surface area contributed by atoms with Gasteiger partial charge in [0.25, 0.3) is 0 Å². The lowest BCUT2D eigenvalue weighted by molar-refractivity contribution is -0.121. The first-order chi connectivity index (χ1) is 16.1.